The zero-order valence-corrected chi connectivity index (χ0v) is 12.4. The van der Waals surface area contributed by atoms with Gasteiger partial charge in [0, 0.05) is 11.4 Å². The Bertz CT molecular complexity index is 391. The van der Waals surface area contributed by atoms with Crippen molar-refractivity contribution in [1.29, 1.82) is 0 Å². The van der Waals surface area contributed by atoms with Gasteiger partial charge in [-0.25, -0.2) is 0 Å². The normalized spacial score (nSPS) is 25.3. The van der Waals surface area contributed by atoms with Crippen LogP contribution in [-0.2, 0) is 0 Å². The van der Waals surface area contributed by atoms with Gasteiger partial charge in [0.25, 0.3) is 5.91 Å². The highest BCUT2D eigenvalue weighted by molar-refractivity contribution is 9.11. The monoisotopic (exact) mass is 315 g/mol. The van der Waals surface area contributed by atoms with E-state index in [1.54, 1.807) is 11.3 Å². The topological polar surface area (TPSA) is 29.1 Å². The largest absolute Gasteiger partial charge is 0.349 e. The average Bonchev–Trinajstić information content (AvgIpc) is 2.63. The van der Waals surface area contributed by atoms with Crippen molar-refractivity contribution < 1.29 is 4.79 Å². The minimum atomic E-state index is 0.0747. The van der Waals surface area contributed by atoms with Gasteiger partial charge in [0.05, 0.1) is 9.35 Å². The molecule has 0 saturated heterocycles. The van der Waals surface area contributed by atoms with Crippen LogP contribution in [0.2, 0.25) is 0 Å². The van der Waals surface area contributed by atoms with Gasteiger partial charge in [0.1, 0.15) is 0 Å². The molecule has 1 aliphatic rings. The zero-order chi connectivity index (χ0) is 12.3. The summed E-state index contributed by atoms with van der Waals surface area (Å²) in [4.78, 5) is 12.1. The third-order valence-corrected chi connectivity index (χ3v) is 5.01. The van der Waals surface area contributed by atoms with Crippen LogP contribution in [-0.4, -0.2) is 11.9 Å². The van der Waals surface area contributed by atoms with E-state index < -0.39 is 0 Å². The van der Waals surface area contributed by atoms with Crippen LogP contribution in [0.15, 0.2) is 15.2 Å². The average molecular weight is 316 g/mol. The Morgan fingerprint density at radius 2 is 2.18 bits per heavy atom. The van der Waals surface area contributed by atoms with E-state index in [2.05, 4.69) is 28.2 Å². The predicted octanol–water partition coefficient (Wildman–Crippen LogP) is 4.21. The number of rotatable bonds is 2. The van der Waals surface area contributed by atoms with Gasteiger partial charge in [-0.15, -0.1) is 11.3 Å². The lowest BCUT2D eigenvalue weighted by Gasteiger charge is -2.22. The summed E-state index contributed by atoms with van der Waals surface area (Å²) in [6.45, 7) is 2.25. The highest BCUT2D eigenvalue weighted by atomic mass is 79.9. The van der Waals surface area contributed by atoms with Gasteiger partial charge in [0.15, 0.2) is 0 Å². The van der Waals surface area contributed by atoms with Crippen LogP contribution >= 0.6 is 27.3 Å². The quantitative estimate of drug-likeness (QED) is 0.814. The first kappa shape index (κ1) is 13.1. The molecule has 0 radical (unpaired) electrons. The van der Waals surface area contributed by atoms with Crippen LogP contribution in [0.25, 0.3) is 0 Å². The molecule has 2 atom stereocenters. The molecule has 2 nitrogen and oxygen atoms in total. The van der Waals surface area contributed by atoms with E-state index in [0.717, 1.165) is 15.8 Å². The van der Waals surface area contributed by atoms with E-state index in [0.29, 0.717) is 12.0 Å². The first-order chi connectivity index (χ1) is 8.16. The molecule has 1 aromatic heterocycles. The van der Waals surface area contributed by atoms with Gasteiger partial charge < -0.3 is 5.32 Å². The number of hydrogen-bond acceptors (Lipinski definition) is 2. The SMILES string of the molecule is CC1CCCCCC1NC(=O)c1csc(Br)c1. The van der Waals surface area contributed by atoms with E-state index in [4.69, 9.17) is 0 Å². The van der Waals surface area contributed by atoms with E-state index in [-0.39, 0.29) is 5.91 Å². The Hall–Kier alpha value is -0.350. The second kappa shape index (κ2) is 6.01. The van der Waals surface area contributed by atoms with Crippen LogP contribution < -0.4 is 5.32 Å². The Kier molecular flexibility index (Phi) is 4.62. The zero-order valence-electron chi connectivity index (χ0n) is 10.0. The summed E-state index contributed by atoms with van der Waals surface area (Å²) in [5.41, 5.74) is 0.776. The van der Waals surface area contributed by atoms with E-state index in [1.807, 2.05) is 11.4 Å². The minimum Gasteiger partial charge on any atom is -0.349 e. The van der Waals surface area contributed by atoms with E-state index >= 15 is 0 Å². The molecule has 1 aliphatic carbocycles. The first-order valence-electron chi connectivity index (χ1n) is 6.21. The second-order valence-corrected chi connectivity index (χ2v) is 7.13. The standard InChI is InChI=1S/C13H18BrNOS/c1-9-5-3-2-4-6-11(9)15-13(16)10-7-12(14)17-8-10/h7-9,11H,2-6H2,1H3,(H,15,16). The van der Waals surface area contributed by atoms with Crippen molar-refractivity contribution in [3.8, 4) is 0 Å². The summed E-state index contributed by atoms with van der Waals surface area (Å²) in [6, 6.07) is 2.24. The van der Waals surface area contributed by atoms with E-state index in [1.165, 1.54) is 25.7 Å². The number of amides is 1. The van der Waals surface area contributed by atoms with Gasteiger partial charge in [0.2, 0.25) is 0 Å². The molecule has 2 rings (SSSR count). The molecule has 1 aromatic rings. The van der Waals surface area contributed by atoms with Gasteiger partial charge in [-0.3, -0.25) is 4.79 Å². The summed E-state index contributed by atoms with van der Waals surface area (Å²) in [5, 5.41) is 5.09. The Morgan fingerprint density at radius 1 is 1.41 bits per heavy atom. The van der Waals surface area contributed by atoms with Gasteiger partial charge in [-0.2, -0.15) is 0 Å². The highest BCUT2D eigenvalue weighted by Gasteiger charge is 2.22. The Morgan fingerprint density at radius 3 is 2.88 bits per heavy atom. The Balaban J connectivity index is 1.97. The lowest BCUT2D eigenvalue weighted by Crippen LogP contribution is -2.38. The van der Waals surface area contributed by atoms with E-state index in [9.17, 15) is 4.79 Å². The van der Waals surface area contributed by atoms with Crippen LogP contribution in [0.1, 0.15) is 49.4 Å². The molecule has 1 fully saturated rings. The van der Waals surface area contributed by atoms with Crippen molar-refractivity contribution in [2.24, 2.45) is 5.92 Å². The molecular weight excluding hydrogens is 298 g/mol. The molecule has 0 aliphatic heterocycles. The molecule has 1 amide bonds. The highest BCUT2D eigenvalue weighted by Crippen LogP contribution is 2.24. The fraction of sp³-hybridized carbons (Fsp3) is 0.615. The number of carbonyl (C=O) groups is 1. The molecule has 1 heterocycles. The third-order valence-electron chi connectivity index (χ3n) is 3.51. The summed E-state index contributed by atoms with van der Waals surface area (Å²) >= 11 is 4.94. The summed E-state index contributed by atoms with van der Waals surface area (Å²) in [6.07, 6.45) is 6.21. The summed E-state index contributed by atoms with van der Waals surface area (Å²) in [7, 11) is 0. The fourth-order valence-electron chi connectivity index (χ4n) is 2.39. The lowest BCUT2D eigenvalue weighted by molar-refractivity contribution is 0.0922. The molecule has 1 saturated carbocycles. The van der Waals surface area contributed by atoms with Crippen molar-refractivity contribution in [1.82, 2.24) is 5.32 Å². The maximum Gasteiger partial charge on any atom is 0.252 e. The van der Waals surface area contributed by atoms with Crippen molar-refractivity contribution in [2.45, 2.75) is 45.1 Å². The molecule has 0 spiro atoms. The van der Waals surface area contributed by atoms with Crippen LogP contribution in [0, 0.1) is 5.92 Å². The molecule has 0 bridgehead atoms. The molecule has 4 heteroatoms. The maximum atomic E-state index is 12.1. The number of hydrogen-bond donors (Lipinski definition) is 1. The molecule has 2 unspecified atom stereocenters. The smallest absolute Gasteiger partial charge is 0.252 e. The number of carbonyl (C=O) groups excluding carboxylic acids is 1. The lowest BCUT2D eigenvalue weighted by atomic mass is 9.97. The van der Waals surface area contributed by atoms with Crippen molar-refractivity contribution in [3.05, 3.63) is 20.8 Å². The van der Waals surface area contributed by atoms with Crippen LogP contribution in [0.4, 0.5) is 0 Å². The van der Waals surface area contributed by atoms with Crippen molar-refractivity contribution >= 4 is 33.2 Å². The fourth-order valence-corrected chi connectivity index (χ4v) is 3.52. The second-order valence-electron chi connectivity index (χ2n) is 4.83. The number of nitrogens with one attached hydrogen (secondary N) is 1. The van der Waals surface area contributed by atoms with Gasteiger partial charge in [-0.1, -0.05) is 26.2 Å². The minimum absolute atomic E-state index is 0.0747. The van der Waals surface area contributed by atoms with Gasteiger partial charge in [-0.05, 0) is 40.8 Å². The number of halogens is 1. The molecule has 94 valence electrons. The number of thiophene rings is 1. The molecule has 17 heavy (non-hydrogen) atoms. The molecule has 1 N–H and O–H groups in total. The molecular formula is C13H18BrNOS. The maximum absolute atomic E-state index is 12.1. The summed E-state index contributed by atoms with van der Waals surface area (Å²) in [5.74, 6) is 0.675. The van der Waals surface area contributed by atoms with Gasteiger partial charge >= 0.3 is 0 Å². The molecule has 0 aromatic carbocycles. The third kappa shape index (κ3) is 3.55. The van der Waals surface area contributed by atoms with Crippen molar-refractivity contribution in [3.63, 3.8) is 0 Å². The Labute approximate surface area is 115 Å². The van der Waals surface area contributed by atoms with Crippen molar-refractivity contribution in [2.75, 3.05) is 0 Å². The van der Waals surface area contributed by atoms with Crippen LogP contribution in [0.5, 0.6) is 0 Å². The first-order valence-corrected chi connectivity index (χ1v) is 7.89. The predicted molar refractivity (Wildman–Crippen MR) is 75.5 cm³/mol. The summed E-state index contributed by atoms with van der Waals surface area (Å²) < 4.78 is 1.01. The van der Waals surface area contributed by atoms with Crippen LogP contribution in [0.3, 0.4) is 0 Å².